The third-order valence-corrected chi connectivity index (χ3v) is 2.79. The van der Waals surface area contributed by atoms with E-state index in [1.165, 1.54) is 6.07 Å². The van der Waals surface area contributed by atoms with Crippen LogP contribution in [0.4, 0.5) is 0 Å². The lowest BCUT2D eigenvalue weighted by molar-refractivity contribution is -0.115. The number of carbonyl (C=O) groups is 2. The Morgan fingerprint density at radius 3 is 2.60 bits per heavy atom. The Balaban J connectivity index is 3.13. The topological polar surface area (TPSA) is 54.4 Å². The number of hydrogen-bond donors (Lipinski definition) is 1. The Kier molecular flexibility index (Phi) is 4.03. The van der Waals surface area contributed by atoms with Crippen LogP contribution in [0.2, 0.25) is 0 Å². The van der Waals surface area contributed by atoms with Crippen LogP contribution < -0.4 is 0 Å². The van der Waals surface area contributed by atoms with Gasteiger partial charge in [-0.05, 0) is 24.1 Å². The highest BCUT2D eigenvalue weighted by molar-refractivity contribution is 9.09. The molecule has 0 bridgehead atoms. The molecule has 0 aromatic heterocycles. The molecule has 0 atom stereocenters. The highest BCUT2D eigenvalue weighted by Gasteiger charge is 2.14. The average Bonchev–Trinajstić information content (AvgIpc) is 2.20. The van der Waals surface area contributed by atoms with Crippen LogP contribution in [0, 0.1) is 6.92 Å². The standard InChI is InChI=1S/C11H11BrO3/c1-7-3-2-4-9(11(14)15)10(7)5-8(13)6-12/h2-4H,5-6H2,1H3,(H,14,15). The quantitative estimate of drug-likeness (QED) is 0.854. The number of halogens is 1. The van der Waals surface area contributed by atoms with Crippen LogP contribution in [0.15, 0.2) is 18.2 Å². The summed E-state index contributed by atoms with van der Waals surface area (Å²) in [5, 5.41) is 9.20. The van der Waals surface area contributed by atoms with Crippen molar-refractivity contribution in [2.75, 3.05) is 5.33 Å². The molecule has 0 aliphatic rings. The van der Waals surface area contributed by atoms with Gasteiger partial charge in [0, 0.05) is 6.42 Å². The monoisotopic (exact) mass is 270 g/mol. The Hall–Kier alpha value is -1.16. The molecule has 4 heteroatoms. The van der Waals surface area contributed by atoms with Crippen LogP contribution in [0.25, 0.3) is 0 Å². The molecule has 3 nitrogen and oxygen atoms in total. The molecule has 0 heterocycles. The fourth-order valence-corrected chi connectivity index (χ4v) is 1.58. The van der Waals surface area contributed by atoms with E-state index in [0.717, 1.165) is 5.56 Å². The zero-order valence-electron chi connectivity index (χ0n) is 8.29. The second-order valence-corrected chi connectivity index (χ2v) is 3.82. The fraction of sp³-hybridized carbons (Fsp3) is 0.273. The molecule has 0 unspecified atom stereocenters. The summed E-state index contributed by atoms with van der Waals surface area (Å²) in [6.07, 6.45) is 0.166. The lowest BCUT2D eigenvalue weighted by atomic mass is 9.98. The van der Waals surface area contributed by atoms with Crippen LogP contribution >= 0.6 is 15.9 Å². The summed E-state index contributed by atoms with van der Waals surface area (Å²) < 4.78 is 0. The normalized spacial score (nSPS) is 10.0. The van der Waals surface area contributed by atoms with Gasteiger partial charge in [-0.15, -0.1) is 0 Å². The smallest absolute Gasteiger partial charge is 0.335 e. The molecule has 0 aliphatic heterocycles. The first-order chi connectivity index (χ1) is 7.06. The number of rotatable bonds is 4. The van der Waals surface area contributed by atoms with E-state index in [1.54, 1.807) is 6.07 Å². The number of Topliss-reactive ketones (excluding diaryl/α,β-unsaturated/α-hetero) is 1. The zero-order chi connectivity index (χ0) is 11.4. The van der Waals surface area contributed by atoms with Crippen LogP contribution in [-0.4, -0.2) is 22.2 Å². The number of carbonyl (C=O) groups excluding carboxylic acids is 1. The van der Waals surface area contributed by atoms with Gasteiger partial charge in [0.05, 0.1) is 10.9 Å². The highest BCUT2D eigenvalue weighted by Crippen LogP contribution is 2.15. The van der Waals surface area contributed by atoms with E-state index in [2.05, 4.69) is 15.9 Å². The van der Waals surface area contributed by atoms with E-state index in [1.807, 2.05) is 13.0 Å². The summed E-state index contributed by atoms with van der Waals surface area (Å²) in [5.74, 6) is -1.01. The number of carboxylic acids is 1. The number of hydrogen-bond acceptors (Lipinski definition) is 2. The van der Waals surface area contributed by atoms with E-state index in [0.29, 0.717) is 5.56 Å². The van der Waals surface area contributed by atoms with E-state index in [9.17, 15) is 9.59 Å². The zero-order valence-corrected chi connectivity index (χ0v) is 9.87. The minimum absolute atomic E-state index is 0.0215. The molecule has 0 fully saturated rings. The molecule has 80 valence electrons. The van der Waals surface area contributed by atoms with E-state index in [-0.39, 0.29) is 23.1 Å². The van der Waals surface area contributed by atoms with Crippen LogP contribution in [0.5, 0.6) is 0 Å². The predicted octanol–water partition coefficient (Wildman–Crippen LogP) is 2.20. The van der Waals surface area contributed by atoms with Crippen molar-refractivity contribution in [2.45, 2.75) is 13.3 Å². The molecule has 0 saturated carbocycles. The highest BCUT2D eigenvalue weighted by atomic mass is 79.9. The fourth-order valence-electron chi connectivity index (χ4n) is 1.38. The van der Waals surface area contributed by atoms with Crippen molar-refractivity contribution in [3.8, 4) is 0 Å². The Bertz CT molecular complexity index is 399. The van der Waals surface area contributed by atoms with Gasteiger partial charge in [-0.3, -0.25) is 4.79 Å². The van der Waals surface area contributed by atoms with Gasteiger partial charge < -0.3 is 5.11 Å². The SMILES string of the molecule is Cc1cccc(C(=O)O)c1CC(=O)CBr. The second-order valence-electron chi connectivity index (χ2n) is 3.26. The van der Waals surface area contributed by atoms with Gasteiger partial charge >= 0.3 is 5.97 Å². The predicted molar refractivity (Wildman–Crippen MR) is 60.6 cm³/mol. The van der Waals surface area contributed by atoms with Gasteiger partial charge in [-0.1, -0.05) is 28.1 Å². The molecule has 0 spiro atoms. The van der Waals surface area contributed by atoms with Crippen molar-refractivity contribution in [3.05, 3.63) is 34.9 Å². The minimum Gasteiger partial charge on any atom is -0.478 e. The summed E-state index contributed by atoms with van der Waals surface area (Å²) in [4.78, 5) is 22.2. The largest absolute Gasteiger partial charge is 0.478 e. The average molecular weight is 271 g/mol. The lowest BCUT2D eigenvalue weighted by Gasteiger charge is -2.07. The minimum atomic E-state index is -0.990. The second kappa shape index (κ2) is 5.07. The molecule has 1 aromatic rings. The molecule has 0 amide bonds. The number of aryl methyl sites for hydroxylation is 1. The molecule has 15 heavy (non-hydrogen) atoms. The maximum Gasteiger partial charge on any atom is 0.335 e. The number of carboxylic acid groups (broad SMARTS) is 1. The van der Waals surface area contributed by atoms with Crippen molar-refractivity contribution in [1.29, 1.82) is 0 Å². The molecule has 1 aromatic carbocycles. The summed E-state index contributed by atoms with van der Waals surface area (Å²) >= 11 is 3.06. The summed E-state index contributed by atoms with van der Waals surface area (Å²) in [5.41, 5.74) is 1.66. The first-order valence-corrected chi connectivity index (χ1v) is 5.58. The van der Waals surface area contributed by atoms with Crippen molar-refractivity contribution in [1.82, 2.24) is 0 Å². The number of benzene rings is 1. The van der Waals surface area contributed by atoms with Gasteiger partial charge in [0.1, 0.15) is 5.78 Å². The number of alkyl halides is 1. The third kappa shape index (κ3) is 2.89. The maximum atomic E-state index is 11.3. The van der Waals surface area contributed by atoms with E-state index < -0.39 is 5.97 Å². The van der Waals surface area contributed by atoms with Gasteiger partial charge in [0.25, 0.3) is 0 Å². The Morgan fingerprint density at radius 2 is 2.07 bits per heavy atom. The number of aromatic carboxylic acids is 1. The first kappa shape index (κ1) is 11.9. The molecular formula is C11H11BrO3. The van der Waals surface area contributed by atoms with Crippen LogP contribution in [0.1, 0.15) is 21.5 Å². The lowest BCUT2D eigenvalue weighted by Crippen LogP contribution is -2.10. The molecule has 1 rings (SSSR count). The Labute approximate surface area is 96.2 Å². The summed E-state index contributed by atoms with van der Waals surface area (Å²) in [7, 11) is 0. The number of ketones is 1. The Morgan fingerprint density at radius 1 is 1.40 bits per heavy atom. The first-order valence-electron chi connectivity index (χ1n) is 4.45. The van der Waals surface area contributed by atoms with E-state index in [4.69, 9.17) is 5.11 Å². The molecule has 1 N–H and O–H groups in total. The molecule has 0 radical (unpaired) electrons. The summed E-state index contributed by atoms with van der Waals surface area (Å²) in [6.45, 7) is 1.81. The van der Waals surface area contributed by atoms with Gasteiger partial charge in [0.2, 0.25) is 0 Å². The van der Waals surface area contributed by atoms with Crippen molar-refractivity contribution < 1.29 is 14.7 Å². The summed E-state index contributed by atoms with van der Waals surface area (Å²) in [6, 6.07) is 5.01. The maximum absolute atomic E-state index is 11.3. The van der Waals surface area contributed by atoms with Crippen LogP contribution in [0.3, 0.4) is 0 Å². The molecular weight excluding hydrogens is 260 g/mol. The van der Waals surface area contributed by atoms with Gasteiger partial charge in [-0.25, -0.2) is 4.79 Å². The van der Waals surface area contributed by atoms with E-state index >= 15 is 0 Å². The van der Waals surface area contributed by atoms with Crippen molar-refractivity contribution in [3.63, 3.8) is 0 Å². The van der Waals surface area contributed by atoms with Crippen molar-refractivity contribution in [2.24, 2.45) is 0 Å². The molecule has 0 saturated heterocycles. The van der Waals surface area contributed by atoms with Crippen molar-refractivity contribution >= 4 is 27.7 Å². The molecule has 0 aliphatic carbocycles. The van der Waals surface area contributed by atoms with Crippen LogP contribution in [-0.2, 0) is 11.2 Å². The van der Waals surface area contributed by atoms with Gasteiger partial charge in [0.15, 0.2) is 0 Å². The third-order valence-electron chi connectivity index (χ3n) is 2.16. The van der Waals surface area contributed by atoms with Gasteiger partial charge in [-0.2, -0.15) is 0 Å².